The molecule has 10 nitrogen and oxygen atoms in total. The van der Waals surface area contributed by atoms with Crippen LogP contribution in [0.5, 0.6) is 0 Å². The Hall–Kier alpha value is -2.85. The van der Waals surface area contributed by atoms with Crippen molar-refractivity contribution in [3.63, 3.8) is 0 Å². The number of hydrogen-bond donors (Lipinski definition) is 2. The van der Waals surface area contributed by atoms with Crippen molar-refractivity contribution < 1.29 is 4.74 Å². The highest BCUT2D eigenvalue weighted by Gasteiger charge is 2.34. The van der Waals surface area contributed by atoms with E-state index in [9.17, 15) is 0 Å². The fourth-order valence-corrected chi connectivity index (χ4v) is 4.46. The fraction of sp³-hybridized carbons (Fsp3) is 0.550. The Morgan fingerprint density at radius 1 is 1.10 bits per heavy atom. The first kappa shape index (κ1) is 19.1. The van der Waals surface area contributed by atoms with Gasteiger partial charge in [0, 0.05) is 36.6 Å². The van der Waals surface area contributed by atoms with Crippen LogP contribution in [-0.2, 0) is 10.3 Å². The van der Waals surface area contributed by atoms with Crippen molar-refractivity contribution in [2.75, 3.05) is 50.0 Å². The smallest absolute Gasteiger partial charge is 0.228 e. The second kappa shape index (κ2) is 7.77. The molecule has 158 valence electrons. The van der Waals surface area contributed by atoms with Gasteiger partial charge in [0.25, 0.3) is 0 Å². The van der Waals surface area contributed by atoms with Crippen LogP contribution in [0.3, 0.4) is 0 Å². The van der Waals surface area contributed by atoms with Crippen molar-refractivity contribution in [1.29, 1.82) is 0 Å². The van der Waals surface area contributed by atoms with Crippen LogP contribution in [0.2, 0.25) is 0 Å². The molecule has 0 atom stereocenters. The van der Waals surface area contributed by atoms with Crippen LogP contribution in [0.4, 0.5) is 11.9 Å². The molecule has 5 heterocycles. The van der Waals surface area contributed by atoms with E-state index in [1.165, 1.54) is 0 Å². The molecular weight excluding hydrogens is 382 g/mol. The van der Waals surface area contributed by atoms with Gasteiger partial charge in [-0.2, -0.15) is 4.98 Å². The summed E-state index contributed by atoms with van der Waals surface area (Å²) in [5, 5.41) is 3.47. The molecule has 3 N–H and O–H groups in total. The molecule has 0 bridgehead atoms. The molecule has 0 radical (unpaired) electrons. The Balaban J connectivity index is 1.70. The first-order chi connectivity index (χ1) is 14.7. The van der Waals surface area contributed by atoms with E-state index in [0.717, 1.165) is 67.9 Å². The van der Waals surface area contributed by atoms with Crippen molar-refractivity contribution in [2.45, 2.75) is 31.7 Å². The maximum atomic E-state index is 5.70. The summed E-state index contributed by atoms with van der Waals surface area (Å²) in [7, 11) is 0. The molecule has 0 amide bonds. The number of fused-ring (bicyclic) bond motifs is 1. The number of rotatable bonds is 4. The quantitative estimate of drug-likeness (QED) is 0.654. The number of piperidine rings is 1. The van der Waals surface area contributed by atoms with Crippen molar-refractivity contribution >= 4 is 23.1 Å². The van der Waals surface area contributed by atoms with Crippen molar-refractivity contribution in [3.05, 3.63) is 18.7 Å². The molecular formula is C20H27N9O. The number of aromatic nitrogens is 6. The van der Waals surface area contributed by atoms with Crippen LogP contribution in [-0.4, -0.2) is 68.9 Å². The molecule has 0 spiro atoms. The Kier molecular flexibility index (Phi) is 4.95. The normalized spacial score (nSPS) is 19.3. The first-order valence-electron chi connectivity index (χ1n) is 10.6. The number of hydrogen-bond acceptors (Lipinski definition) is 9. The number of anilines is 2. The number of ether oxygens (including phenoxy) is 1. The Bertz CT molecular complexity index is 1020. The molecule has 10 heteroatoms. The third kappa shape index (κ3) is 3.25. The van der Waals surface area contributed by atoms with E-state index in [1.807, 2.05) is 6.33 Å². The molecule has 3 aromatic heterocycles. The zero-order valence-corrected chi connectivity index (χ0v) is 17.2. The molecule has 2 fully saturated rings. The summed E-state index contributed by atoms with van der Waals surface area (Å²) in [4.78, 5) is 25.1. The summed E-state index contributed by atoms with van der Waals surface area (Å²) in [5.41, 5.74) is 8.86. The maximum Gasteiger partial charge on any atom is 0.228 e. The zero-order chi connectivity index (χ0) is 20.6. The largest absolute Gasteiger partial charge is 0.378 e. The van der Waals surface area contributed by atoms with Crippen LogP contribution in [0.1, 0.15) is 26.2 Å². The zero-order valence-electron chi connectivity index (χ0n) is 17.2. The van der Waals surface area contributed by atoms with Gasteiger partial charge in [0.15, 0.2) is 5.65 Å². The number of nitrogens with zero attached hydrogens (tertiary/aromatic N) is 7. The fourth-order valence-electron chi connectivity index (χ4n) is 4.46. The van der Waals surface area contributed by atoms with Gasteiger partial charge >= 0.3 is 0 Å². The molecule has 2 aliphatic rings. The van der Waals surface area contributed by atoms with Gasteiger partial charge in [-0.1, -0.05) is 6.92 Å². The number of nitrogens with one attached hydrogen (secondary N) is 1. The van der Waals surface area contributed by atoms with Crippen LogP contribution >= 0.6 is 0 Å². The lowest BCUT2D eigenvalue weighted by molar-refractivity contribution is 0.122. The van der Waals surface area contributed by atoms with Crippen LogP contribution in [0.15, 0.2) is 18.7 Å². The minimum absolute atomic E-state index is 0.00547. The topological polar surface area (TPSA) is 120 Å². The Morgan fingerprint density at radius 3 is 2.53 bits per heavy atom. The van der Waals surface area contributed by atoms with Gasteiger partial charge in [0.1, 0.15) is 11.2 Å². The number of nitrogens with two attached hydrogens (primary N) is 1. The molecule has 0 aliphatic carbocycles. The van der Waals surface area contributed by atoms with Crippen LogP contribution in [0.25, 0.3) is 22.4 Å². The number of imidazole rings is 1. The second-order valence-corrected chi connectivity index (χ2v) is 7.92. The highest BCUT2D eigenvalue weighted by atomic mass is 16.5. The van der Waals surface area contributed by atoms with Gasteiger partial charge in [-0.15, -0.1) is 0 Å². The average Bonchev–Trinajstić information content (AvgIpc) is 3.25. The van der Waals surface area contributed by atoms with E-state index < -0.39 is 0 Å². The number of nitrogen functional groups attached to an aromatic ring is 1. The summed E-state index contributed by atoms with van der Waals surface area (Å²) in [6.45, 7) is 7.11. The van der Waals surface area contributed by atoms with Gasteiger partial charge < -0.3 is 25.3 Å². The molecule has 0 saturated carbocycles. The highest BCUT2D eigenvalue weighted by molar-refractivity contribution is 5.88. The van der Waals surface area contributed by atoms with Crippen molar-refractivity contribution in [2.24, 2.45) is 0 Å². The van der Waals surface area contributed by atoms with Gasteiger partial charge in [0.05, 0.1) is 19.5 Å². The van der Waals surface area contributed by atoms with E-state index in [1.54, 1.807) is 12.4 Å². The second-order valence-electron chi connectivity index (χ2n) is 7.92. The Labute approximate surface area is 174 Å². The monoisotopic (exact) mass is 409 g/mol. The first-order valence-corrected chi connectivity index (χ1v) is 10.6. The Morgan fingerprint density at radius 2 is 1.83 bits per heavy atom. The van der Waals surface area contributed by atoms with Crippen LogP contribution in [0, 0.1) is 0 Å². The molecule has 30 heavy (non-hydrogen) atoms. The third-order valence-corrected chi connectivity index (χ3v) is 6.33. The van der Waals surface area contributed by atoms with E-state index in [2.05, 4.69) is 31.7 Å². The molecule has 5 rings (SSSR count). The van der Waals surface area contributed by atoms with Crippen molar-refractivity contribution in [1.82, 2.24) is 34.8 Å². The summed E-state index contributed by atoms with van der Waals surface area (Å²) in [5.74, 6) is 0.933. The summed E-state index contributed by atoms with van der Waals surface area (Å²) < 4.78 is 7.79. The lowest BCUT2D eigenvalue weighted by Gasteiger charge is -2.38. The van der Waals surface area contributed by atoms with E-state index >= 15 is 0 Å². The molecule has 0 unspecified atom stereocenters. The number of morpholine rings is 1. The van der Waals surface area contributed by atoms with Crippen LogP contribution < -0.4 is 16.0 Å². The maximum absolute atomic E-state index is 5.70. The summed E-state index contributed by atoms with van der Waals surface area (Å²) in [6, 6.07) is 0. The minimum Gasteiger partial charge on any atom is -0.378 e. The SMILES string of the molecule is CCC1(n2cnc3c(-c4cnc(N)nc4)nc(N4CCOCC4)nc32)CCNCC1. The van der Waals surface area contributed by atoms with Gasteiger partial charge in [-0.25, -0.2) is 19.9 Å². The van der Waals surface area contributed by atoms with Gasteiger partial charge in [-0.05, 0) is 32.4 Å². The van der Waals surface area contributed by atoms with Crippen molar-refractivity contribution in [3.8, 4) is 11.3 Å². The molecule has 3 aromatic rings. The molecule has 0 aromatic carbocycles. The predicted octanol–water partition coefficient (Wildman–Crippen LogP) is 1.19. The van der Waals surface area contributed by atoms with E-state index in [-0.39, 0.29) is 11.5 Å². The van der Waals surface area contributed by atoms with E-state index in [0.29, 0.717) is 19.2 Å². The molecule has 2 saturated heterocycles. The predicted molar refractivity (Wildman–Crippen MR) is 114 cm³/mol. The average molecular weight is 409 g/mol. The third-order valence-electron chi connectivity index (χ3n) is 6.33. The highest BCUT2D eigenvalue weighted by Crippen LogP contribution is 2.36. The lowest BCUT2D eigenvalue weighted by atomic mass is 9.85. The lowest BCUT2D eigenvalue weighted by Crippen LogP contribution is -2.43. The standard InChI is InChI=1S/C20H27N9O/c1-2-20(3-5-22-6-4-20)29-13-25-16-15(14-11-23-18(21)24-12-14)26-19(27-17(16)29)28-7-9-30-10-8-28/h11-13,22H,2-10H2,1H3,(H2,21,23,24). The molecule has 2 aliphatic heterocycles. The van der Waals surface area contributed by atoms with Gasteiger partial charge in [-0.3, -0.25) is 0 Å². The minimum atomic E-state index is 0.00547. The van der Waals surface area contributed by atoms with E-state index in [4.69, 9.17) is 25.4 Å². The summed E-state index contributed by atoms with van der Waals surface area (Å²) in [6.07, 6.45) is 8.45. The van der Waals surface area contributed by atoms with Gasteiger partial charge in [0.2, 0.25) is 11.9 Å². The summed E-state index contributed by atoms with van der Waals surface area (Å²) >= 11 is 0.